The van der Waals surface area contributed by atoms with Gasteiger partial charge in [0.05, 0.1) is 11.6 Å². The van der Waals surface area contributed by atoms with Crippen molar-refractivity contribution in [3.05, 3.63) is 28.8 Å². The summed E-state index contributed by atoms with van der Waals surface area (Å²) in [6.45, 7) is 0.285. The fraction of sp³-hybridized carbons (Fsp3) is 0.385. The van der Waals surface area contributed by atoms with Gasteiger partial charge in [0.2, 0.25) is 5.91 Å². The lowest BCUT2D eigenvalue weighted by atomic mass is 10.2. The van der Waals surface area contributed by atoms with Crippen LogP contribution in [0.25, 0.3) is 0 Å². The van der Waals surface area contributed by atoms with E-state index in [1.54, 1.807) is 23.1 Å². The molecule has 0 saturated heterocycles. The summed E-state index contributed by atoms with van der Waals surface area (Å²) >= 11 is 5.95. The molecule has 0 unspecified atom stereocenters. The van der Waals surface area contributed by atoms with Crippen molar-refractivity contribution in [2.24, 2.45) is 0 Å². The van der Waals surface area contributed by atoms with E-state index < -0.39 is 0 Å². The van der Waals surface area contributed by atoms with Gasteiger partial charge < -0.3 is 10.2 Å². The number of rotatable bonds is 5. The summed E-state index contributed by atoms with van der Waals surface area (Å²) in [4.78, 5) is 24.1. The van der Waals surface area contributed by atoms with Gasteiger partial charge in [0, 0.05) is 24.3 Å². The molecule has 0 heterocycles. The number of benzene rings is 1. The lowest BCUT2D eigenvalue weighted by Crippen LogP contribution is -2.36. The normalized spacial score (nSPS) is 14.1. The average molecular weight is 267 g/mol. The third-order valence-electron chi connectivity index (χ3n) is 2.88. The van der Waals surface area contributed by atoms with Crippen molar-refractivity contribution in [1.82, 2.24) is 5.32 Å². The van der Waals surface area contributed by atoms with Crippen LogP contribution in [0.1, 0.15) is 23.2 Å². The van der Waals surface area contributed by atoms with E-state index in [2.05, 4.69) is 5.32 Å². The number of anilines is 1. The molecule has 5 heteroatoms. The van der Waals surface area contributed by atoms with Gasteiger partial charge in [0.1, 0.15) is 0 Å². The Hall–Kier alpha value is -1.55. The molecule has 0 aromatic heterocycles. The van der Waals surface area contributed by atoms with Gasteiger partial charge in [0.25, 0.3) is 0 Å². The molecule has 4 nitrogen and oxygen atoms in total. The number of halogens is 1. The largest absolute Gasteiger partial charge is 0.365 e. The molecular weight excluding hydrogens is 252 g/mol. The Bertz CT molecular complexity index is 472. The van der Waals surface area contributed by atoms with Crippen LogP contribution < -0.4 is 10.2 Å². The predicted octanol–water partition coefficient (Wildman–Crippen LogP) is 1.87. The number of nitrogens with one attached hydrogen (secondary N) is 1. The van der Waals surface area contributed by atoms with E-state index >= 15 is 0 Å². The first kappa shape index (κ1) is 12.9. The molecule has 1 saturated carbocycles. The van der Waals surface area contributed by atoms with Crippen LogP contribution in [0.5, 0.6) is 0 Å². The van der Waals surface area contributed by atoms with Crippen LogP contribution in [-0.4, -0.2) is 31.8 Å². The van der Waals surface area contributed by atoms with Crippen molar-refractivity contribution >= 4 is 29.5 Å². The van der Waals surface area contributed by atoms with Crippen molar-refractivity contribution in [3.8, 4) is 0 Å². The predicted molar refractivity (Wildman–Crippen MR) is 71.3 cm³/mol. The SMILES string of the molecule is CN(CC(=O)NC1CC1)c1ccc(C=O)c(Cl)c1. The van der Waals surface area contributed by atoms with Gasteiger partial charge in [-0.3, -0.25) is 9.59 Å². The highest BCUT2D eigenvalue weighted by Crippen LogP contribution is 2.22. The Morgan fingerprint density at radius 2 is 2.28 bits per heavy atom. The van der Waals surface area contributed by atoms with Crippen molar-refractivity contribution in [2.45, 2.75) is 18.9 Å². The van der Waals surface area contributed by atoms with Gasteiger partial charge in [-0.15, -0.1) is 0 Å². The molecule has 1 aliphatic carbocycles. The second-order valence-electron chi connectivity index (χ2n) is 4.52. The average Bonchev–Trinajstić information content (AvgIpc) is 3.12. The van der Waals surface area contributed by atoms with E-state index in [4.69, 9.17) is 11.6 Å². The first-order valence-corrected chi connectivity index (χ1v) is 6.23. The molecule has 18 heavy (non-hydrogen) atoms. The molecule has 1 fully saturated rings. The number of nitrogens with zero attached hydrogens (tertiary/aromatic N) is 1. The molecule has 2 rings (SSSR count). The van der Waals surface area contributed by atoms with Gasteiger partial charge in [0.15, 0.2) is 6.29 Å². The molecule has 0 aliphatic heterocycles. The Balaban J connectivity index is 1.98. The van der Waals surface area contributed by atoms with Crippen LogP contribution in [0.15, 0.2) is 18.2 Å². The molecule has 1 aromatic rings. The maximum atomic E-state index is 11.6. The van der Waals surface area contributed by atoms with Gasteiger partial charge in [-0.2, -0.15) is 0 Å². The zero-order chi connectivity index (χ0) is 13.1. The molecule has 0 spiro atoms. The fourth-order valence-corrected chi connectivity index (χ4v) is 1.88. The Kier molecular flexibility index (Phi) is 3.87. The standard InChI is InChI=1S/C13H15ClN2O2/c1-16(7-13(18)15-10-3-4-10)11-5-2-9(8-17)12(14)6-11/h2,5-6,8,10H,3-4,7H2,1H3,(H,15,18). The fourth-order valence-electron chi connectivity index (χ4n) is 1.66. The summed E-state index contributed by atoms with van der Waals surface area (Å²) in [6, 6.07) is 5.49. The summed E-state index contributed by atoms with van der Waals surface area (Å²) in [5, 5.41) is 3.32. The van der Waals surface area contributed by atoms with Crippen LogP contribution in [0.3, 0.4) is 0 Å². The Labute approximate surface area is 111 Å². The van der Waals surface area contributed by atoms with Crippen LogP contribution in [-0.2, 0) is 4.79 Å². The third-order valence-corrected chi connectivity index (χ3v) is 3.20. The van der Waals surface area contributed by atoms with E-state index in [0.29, 0.717) is 22.9 Å². The number of amides is 1. The highest BCUT2D eigenvalue weighted by Gasteiger charge is 2.23. The van der Waals surface area contributed by atoms with E-state index in [1.165, 1.54) is 0 Å². The maximum absolute atomic E-state index is 11.6. The molecule has 1 amide bonds. The third kappa shape index (κ3) is 3.23. The minimum Gasteiger partial charge on any atom is -0.365 e. The molecule has 1 aromatic carbocycles. The summed E-state index contributed by atoms with van der Waals surface area (Å²) in [5.41, 5.74) is 1.27. The number of likely N-dealkylation sites (N-methyl/N-ethyl adjacent to an activating group) is 1. The summed E-state index contributed by atoms with van der Waals surface area (Å²) in [6.07, 6.45) is 2.87. The van der Waals surface area contributed by atoms with Crippen molar-refractivity contribution in [1.29, 1.82) is 0 Å². The lowest BCUT2D eigenvalue weighted by molar-refractivity contribution is -0.119. The second-order valence-corrected chi connectivity index (χ2v) is 4.93. The van der Waals surface area contributed by atoms with Crippen LogP contribution >= 0.6 is 11.6 Å². The molecule has 0 bridgehead atoms. The van der Waals surface area contributed by atoms with E-state index in [9.17, 15) is 9.59 Å². The number of carbonyl (C=O) groups excluding carboxylic acids is 2. The minimum absolute atomic E-state index is 0.00980. The summed E-state index contributed by atoms with van der Waals surface area (Å²) in [5.74, 6) is 0.00980. The molecule has 1 aliphatic rings. The number of aldehydes is 1. The summed E-state index contributed by atoms with van der Waals surface area (Å²) in [7, 11) is 1.82. The Morgan fingerprint density at radius 1 is 1.56 bits per heavy atom. The van der Waals surface area contributed by atoms with E-state index in [1.807, 2.05) is 7.05 Å². The van der Waals surface area contributed by atoms with Gasteiger partial charge >= 0.3 is 0 Å². The van der Waals surface area contributed by atoms with Crippen molar-refractivity contribution < 1.29 is 9.59 Å². The van der Waals surface area contributed by atoms with Crippen molar-refractivity contribution in [3.63, 3.8) is 0 Å². The first-order chi connectivity index (χ1) is 8.60. The van der Waals surface area contributed by atoms with Crippen LogP contribution in [0.2, 0.25) is 5.02 Å². The van der Waals surface area contributed by atoms with Gasteiger partial charge in [-0.25, -0.2) is 0 Å². The number of hydrogen-bond acceptors (Lipinski definition) is 3. The molecule has 0 atom stereocenters. The first-order valence-electron chi connectivity index (χ1n) is 5.85. The van der Waals surface area contributed by atoms with E-state index in [0.717, 1.165) is 18.5 Å². The topological polar surface area (TPSA) is 49.4 Å². The molecule has 1 N–H and O–H groups in total. The molecule has 96 valence electrons. The number of hydrogen-bond donors (Lipinski definition) is 1. The Morgan fingerprint density at radius 3 is 2.83 bits per heavy atom. The summed E-state index contributed by atoms with van der Waals surface area (Å²) < 4.78 is 0. The van der Waals surface area contributed by atoms with Gasteiger partial charge in [-0.1, -0.05) is 11.6 Å². The quantitative estimate of drug-likeness (QED) is 0.828. The highest BCUT2D eigenvalue weighted by atomic mass is 35.5. The number of carbonyl (C=O) groups is 2. The van der Waals surface area contributed by atoms with Gasteiger partial charge in [-0.05, 0) is 31.0 Å². The smallest absolute Gasteiger partial charge is 0.239 e. The molecule has 0 radical (unpaired) electrons. The van der Waals surface area contributed by atoms with E-state index in [-0.39, 0.29) is 12.5 Å². The lowest BCUT2D eigenvalue weighted by Gasteiger charge is -2.19. The monoisotopic (exact) mass is 266 g/mol. The minimum atomic E-state index is 0.00980. The second kappa shape index (κ2) is 5.40. The zero-order valence-corrected chi connectivity index (χ0v) is 10.9. The zero-order valence-electron chi connectivity index (χ0n) is 10.1. The van der Waals surface area contributed by atoms with Crippen LogP contribution in [0, 0.1) is 0 Å². The van der Waals surface area contributed by atoms with Crippen LogP contribution in [0.4, 0.5) is 5.69 Å². The van der Waals surface area contributed by atoms with Crippen molar-refractivity contribution in [2.75, 3.05) is 18.5 Å². The maximum Gasteiger partial charge on any atom is 0.239 e. The molecular formula is C13H15ClN2O2. The highest BCUT2D eigenvalue weighted by molar-refractivity contribution is 6.33.